The van der Waals surface area contributed by atoms with Gasteiger partial charge in [0.05, 0.1) is 5.71 Å². The van der Waals surface area contributed by atoms with Crippen LogP contribution in [0.3, 0.4) is 0 Å². The summed E-state index contributed by atoms with van der Waals surface area (Å²) in [5, 5.41) is 23.1. The summed E-state index contributed by atoms with van der Waals surface area (Å²) >= 11 is 0. The third kappa shape index (κ3) is 4.49. The minimum Gasteiger partial charge on any atom is -0.508 e. The number of hydrogen-bond acceptors (Lipinski definition) is 5. The fourth-order valence-electron chi connectivity index (χ4n) is 2.16. The highest BCUT2D eigenvalue weighted by Crippen LogP contribution is 2.22. The van der Waals surface area contributed by atoms with E-state index in [0.29, 0.717) is 17.0 Å². The third-order valence-electron chi connectivity index (χ3n) is 3.41. The summed E-state index contributed by atoms with van der Waals surface area (Å²) in [5.74, 6) is 0.188. The number of aromatic hydroxyl groups is 2. The number of benzene rings is 2. The molecule has 6 heteroatoms. The Kier molecular flexibility index (Phi) is 5.42. The molecule has 3 N–H and O–H groups in total. The van der Waals surface area contributed by atoms with E-state index < -0.39 is 5.91 Å². The fraction of sp³-hybridized carbons (Fsp3) is 0.222. The Bertz CT molecular complexity index is 785. The molecule has 6 nitrogen and oxygen atoms in total. The molecule has 126 valence electrons. The molecule has 0 heterocycles. The first-order valence-electron chi connectivity index (χ1n) is 7.42. The molecule has 0 atom stereocenters. The predicted octanol–water partition coefficient (Wildman–Crippen LogP) is 2.63. The maximum absolute atomic E-state index is 11.8. The van der Waals surface area contributed by atoms with E-state index in [1.165, 1.54) is 18.2 Å². The van der Waals surface area contributed by atoms with Crippen LogP contribution in [-0.4, -0.2) is 28.4 Å². The molecule has 0 aliphatic heterocycles. The summed E-state index contributed by atoms with van der Waals surface area (Å²) in [6, 6.07) is 9.79. The zero-order chi connectivity index (χ0) is 17.7. The van der Waals surface area contributed by atoms with Crippen molar-refractivity contribution in [1.82, 2.24) is 5.43 Å². The monoisotopic (exact) mass is 328 g/mol. The average molecular weight is 328 g/mol. The van der Waals surface area contributed by atoms with E-state index in [1.54, 1.807) is 6.92 Å². The van der Waals surface area contributed by atoms with Crippen LogP contribution in [0.4, 0.5) is 0 Å². The summed E-state index contributed by atoms with van der Waals surface area (Å²) in [5.41, 5.74) is 5.13. The van der Waals surface area contributed by atoms with E-state index in [2.05, 4.69) is 10.5 Å². The van der Waals surface area contributed by atoms with Crippen molar-refractivity contribution in [2.24, 2.45) is 5.10 Å². The van der Waals surface area contributed by atoms with Gasteiger partial charge in [0.15, 0.2) is 6.61 Å². The lowest BCUT2D eigenvalue weighted by Crippen LogP contribution is -2.25. The molecule has 2 aromatic carbocycles. The highest BCUT2D eigenvalue weighted by Gasteiger charge is 2.08. The van der Waals surface area contributed by atoms with Crippen LogP contribution in [0.1, 0.15) is 23.6 Å². The maximum atomic E-state index is 11.8. The highest BCUT2D eigenvalue weighted by atomic mass is 16.5. The summed E-state index contributed by atoms with van der Waals surface area (Å²) in [6.45, 7) is 5.33. The van der Waals surface area contributed by atoms with Gasteiger partial charge >= 0.3 is 0 Å². The molecule has 2 aromatic rings. The number of hydrazone groups is 1. The number of aryl methyl sites for hydroxylation is 2. The molecule has 24 heavy (non-hydrogen) atoms. The van der Waals surface area contributed by atoms with Crippen molar-refractivity contribution >= 4 is 11.6 Å². The molecule has 0 radical (unpaired) electrons. The first-order valence-corrected chi connectivity index (χ1v) is 7.42. The number of phenolic OH excluding ortho intramolecular Hbond substituents is 2. The van der Waals surface area contributed by atoms with Crippen molar-refractivity contribution in [3.63, 3.8) is 0 Å². The van der Waals surface area contributed by atoms with E-state index in [0.717, 1.165) is 11.1 Å². The molecule has 2 rings (SSSR count). The summed E-state index contributed by atoms with van der Waals surface area (Å²) < 4.78 is 5.46. The van der Waals surface area contributed by atoms with Crippen molar-refractivity contribution in [2.75, 3.05) is 6.61 Å². The molecule has 0 aliphatic rings. The molecule has 0 fully saturated rings. The lowest BCUT2D eigenvalue weighted by atomic mass is 10.1. The first-order chi connectivity index (χ1) is 11.4. The topological polar surface area (TPSA) is 91.2 Å². The number of rotatable bonds is 5. The van der Waals surface area contributed by atoms with Gasteiger partial charge in [-0.05, 0) is 50.6 Å². The zero-order valence-electron chi connectivity index (χ0n) is 13.8. The van der Waals surface area contributed by atoms with Crippen LogP contribution in [0, 0.1) is 13.8 Å². The van der Waals surface area contributed by atoms with Crippen LogP contribution in [0.15, 0.2) is 41.5 Å². The average Bonchev–Trinajstić information content (AvgIpc) is 2.54. The molecule has 0 saturated heterocycles. The fourth-order valence-corrected chi connectivity index (χ4v) is 2.16. The van der Waals surface area contributed by atoms with Gasteiger partial charge in [0.2, 0.25) is 0 Å². The van der Waals surface area contributed by atoms with Crippen LogP contribution in [0.5, 0.6) is 17.2 Å². The second-order valence-electron chi connectivity index (χ2n) is 5.49. The lowest BCUT2D eigenvalue weighted by molar-refractivity contribution is -0.123. The Hall–Kier alpha value is -3.02. The molecule has 0 spiro atoms. The number of carbonyl (C=O) groups excluding carboxylic acids is 1. The molecule has 0 bridgehead atoms. The molecule has 0 unspecified atom stereocenters. The number of ether oxygens (including phenoxy) is 1. The Balaban J connectivity index is 1.95. The van der Waals surface area contributed by atoms with Crippen LogP contribution < -0.4 is 10.2 Å². The van der Waals surface area contributed by atoms with Gasteiger partial charge in [-0.25, -0.2) is 5.43 Å². The number of hydrogen-bond donors (Lipinski definition) is 3. The van der Waals surface area contributed by atoms with Crippen molar-refractivity contribution in [2.45, 2.75) is 20.8 Å². The number of carbonyl (C=O) groups is 1. The van der Waals surface area contributed by atoms with Gasteiger partial charge < -0.3 is 14.9 Å². The van der Waals surface area contributed by atoms with E-state index in [1.807, 2.05) is 32.0 Å². The van der Waals surface area contributed by atoms with Gasteiger partial charge in [-0.15, -0.1) is 0 Å². The van der Waals surface area contributed by atoms with Gasteiger partial charge in [0.1, 0.15) is 17.2 Å². The second-order valence-corrected chi connectivity index (χ2v) is 5.49. The SMILES string of the molecule is C/C(=N/NC(=O)COc1ccc(C)cc1C)c1cc(O)ccc1O. The van der Waals surface area contributed by atoms with E-state index in [4.69, 9.17) is 4.74 Å². The minimum atomic E-state index is -0.422. The number of nitrogens with one attached hydrogen (secondary N) is 1. The Morgan fingerprint density at radius 2 is 1.92 bits per heavy atom. The van der Waals surface area contributed by atoms with Crippen molar-refractivity contribution in [3.8, 4) is 17.2 Å². The molecule has 1 amide bonds. The van der Waals surface area contributed by atoms with Gasteiger partial charge in [-0.2, -0.15) is 5.10 Å². The van der Waals surface area contributed by atoms with E-state index >= 15 is 0 Å². The molecule has 0 aliphatic carbocycles. The summed E-state index contributed by atoms with van der Waals surface area (Å²) in [6.07, 6.45) is 0. The zero-order valence-corrected chi connectivity index (χ0v) is 13.8. The van der Waals surface area contributed by atoms with Gasteiger partial charge in [0, 0.05) is 5.56 Å². The van der Waals surface area contributed by atoms with E-state index in [9.17, 15) is 15.0 Å². The Morgan fingerprint density at radius 3 is 2.62 bits per heavy atom. The van der Waals surface area contributed by atoms with Crippen molar-refractivity contribution < 1.29 is 19.7 Å². The molecular weight excluding hydrogens is 308 g/mol. The second kappa shape index (κ2) is 7.50. The largest absolute Gasteiger partial charge is 0.508 e. The van der Waals surface area contributed by atoms with Crippen LogP contribution in [0.2, 0.25) is 0 Å². The predicted molar refractivity (Wildman–Crippen MR) is 91.5 cm³/mol. The smallest absolute Gasteiger partial charge is 0.277 e. The van der Waals surface area contributed by atoms with Crippen LogP contribution >= 0.6 is 0 Å². The lowest BCUT2D eigenvalue weighted by Gasteiger charge is -2.09. The standard InChI is InChI=1S/C18H20N2O4/c1-11-4-7-17(12(2)8-11)24-10-18(23)20-19-13(3)15-9-14(21)5-6-16(15)22/h4-9,21-22H,10H2,1-3H3,(H,20,23)/b19-13-. The maximum Gasteiger partial charge on any atom is 0.277 e. The molecule has 0 aromatic heterocycles. The van der Waals surface area contributed by atoms with Crippen LogP contribution in [0.25, 0.3) is 0 Å². The quantitative estimate of drug-likeness (QED) is 0.447. The Labute approximate surface area is 140 Å². The molecule has 0 saturated carbocycles. The van der Waals surface area contributed by atoms with Crippen molar-refractivity contribution in [3.05, 3.63) is 53.1 Å². The highest BCUT2D eigenvalue weighted by molar-refractivity contribution is 6.01. The third-order valence-corrected chi connectivity index (χ3v) is 3.41. The number of nitrogens with zero attached hydrogens (tertiary/aromatic N) is 1. The Morgan fingerprint density at radius 1 is 1.17 bits per heavy atom. The number of amides is 1. The molecular formula is C18H20N2O4. The van der Waals surface area contributed by atoms with Crippen LogP contribution in [-0.2, 0) is 4.79 Å². The van der Waals surface area contributed by atoms with Gasteiger partial charge in [0.25, 0.3) is 5.91 Å². The summed E-state index contributed by atoms with van der Waals surface area (Å²) in [7, 11) is 0. The summed E-state index contributed by atoms with van der Waals surface area (Å²) in [4.78, 5) is 11.8. The minimum absolute atomic E-state index is 0.00172. The normalized spacial score (nSPS) is 11.2. The van der Waals surface area contributed by atoms with Gasteiger partial charge in [-0.1, -0.05) is 17.7 Å². The van der Waals surface area contributed by atoms with Crippen molar-refractivity contribution in [1.29, 1.82) is 0 Å². The first kappa shape index (κ1) is 17.3. The number of phenols is 2. The van der Waals surface area contributed by atoms with Gasteiger partial charge in [-0.3, -0.25) is 4.79 Å². The van der Waals surface area contributed by atoms with E-state index in [-0.39, 0.29) is 18.1 Å².